The third-order valence-corrected chi connectivity index (χ3v) is 4.27. The largest absolute Gasteiger partial charge is 0.481 e. The second-order valence-electron chi connectivity index (χ2n) is 4.55. The second kappa shape index (κ2) is 4.95. The van der Waals surface area contributed by atoms with E-state index in [-0.39, 0.29) is 0 Å². The lowest BCUT2D eigenvalue weighted by Crippen LogP contribution is -2.13. The van der Waals surface area contributed by atoms with Gasteiger partial charge in [-0.3, -0.25) is 0 Å². The monoisotopic (exact) mass is 292 g/mol. The minimum Gasteiger partial charge on any atom is -0.481 e. The Morgan fingerprint density at radius 2 is 2.15 bits per heavy atom. The summed E-state index contributed by atoms with van der Waals surface area (Å²) in [5.41, 5.74) is 6.42. The topological polar surface area (TPSA) is 90.9 Å². The molecule has 3 N–H and O–H groups in total. The summed E-state index contributed by atoms with van der Waals surface area (Å²) in [7, 11) is 3.45. The lowest BCUT2D eigenvalue weighted by Gasteiger charge is -2.09. The van der Waals surface area contributed by atoms with E-state index in [1.54, 1.807) is 23.6 Å². The van der Waals surface area contributed by atoms with Crippen LogP contribution in [0, 0.1) is 6.92 Å². The number of nitrogens with two attached hydrogens (primary N) is 1. The van der Waals surface area contributed by atoms with Crippen molar-refractivity contribution < 1.29 is 4.74 Å². The van der Waals surface area contributed by atoms with Crippen molar-refractivity contribution in [1.29, 1.82) is 0 Å². The van der Waals surface area contributed by atoms with Crippen LogP contribution in [0.4, 0.5) is 5.82 Å². The SMILES string of the molecule is COc1c(-c2nc3c(c(NN)n2)CSC3)c(C)nn1C. The average Bonchev–Trinajstić information content (AvgIpc) is 3.00. The van der Waals surface area contributed by atoms with Crippen LogP contribution in [0.5, 0.6) is 5.88 Å². The smallest absolute Gasteiger partial charge is 0.222 e. The van der Waals surface area contributed by atoms with E-state index >= 15 is 0 Å². The molecule has 0 saturated heterocycles. The number of anilines is 1. The maximum absolute atomic E-state index is 5.58. The first-order chi connectivity index (χ1) is 9.65. The number of hydrogen-bond acceptors (Lipinski definition) is 7. The highest BCUT2D eigenvalue weighted by atomic mass is 32.2. The van der Waals surface area contributed by atoms with Crippen molar-refractivity contribution in [3.63, 3.8) is 0 Å². The van der Waals surface area contributed by atoms with Gasteiger partial charge in [-0.25, -0.2) is 20.5 Å². The molecule has 0 unspecified atom stereocenters. The molecule has 106 valence electrons. The lowest BCUT2D eigenvalue weighted by molar-refractivity contribution is 0.374. The van der Waals surface area contributed by atoms with E-state index in [9.17, 15) is 0 Å². The van der Waals surface area contributed by atoms with Gasteiger partial charge in [-0.15, -0.1) is 0 Å². The van der Waals surface area contributed by atoms with Crippen molar-refractivity contribution in [2.45, 2.75) is 18.4 Å². The first-order valence-corrected chi connectivity index (χ1v) is 7.33. The standard InChI is InChI=1S/C12H16N6OS/c1-6-9(12(19-3)18(2)17-6)11-14-8-5-20-4-7(8)10(15-11)16-13/h4-5,13H2,1-3H3,(H,14,15,16). The molecule has 1 aliphatic rings. The summed E-state index contributed by atoms with van der Waals surface area (Å²) in [6.07, 6.45) is 0. The summed E-state index contributed by atoms with van der Waals surface area (Å²) in [5, 5.41) is 4.36. The van der Waals surface area contributed by atoms with Crippen molar-refractivity contribution in [1.82, 2.24) is 19.7 Å². The van der Waals surface area contributed by atoms with Gasteiger partial charge in [0.2, 0.25) is 5.88 Å². The van der Waals surface area contributed by atoms with Gasteiger partial charge < -0.3 is 10.2 Å². The van der Waals surface area contributed by atoms with Crippen molar-refractivity contribution in [3.05, 3.63) is 17.0 Å². The van der Waals surface area contributed by atoms with Crippen LogP contribution < -0.4 is 16.0 Å². The number of methoxy groups -OCH3 is 1. The zero-order chi connectivity index (χ0) is 14.3. The number of nitrogen functional groups attached to an aromatic ring is 1. The van der Waals surface area contributed by atoms with E-state index < -0.39 is 0 Å². The Hall–Kier alpha value is -1.80. The molecule has 0 amide bonds. The molecule has 20 heavy (non-hydrogen) atoms. The van der Waals surface area contributed by atoms with Crippen LogP contribution in [0.25, 0.3) is 11.4 Å². The predicted octanol–water partition coefficient (Wildman–Crippen LogP) is 1.23. The molecule has 0 bridgehead atoms. The number of fused-ring (bicyclic) bond motifs is 1. The third-order valence-electron chi connectivity index (χ3n) is 3.30. The van der Waals surface area contributed by atoms with Crippen LogP contribution in [0.15, 0.2) is 0 Å². The molecule has 0 saturated carbocycles. The molecule has 2 aromatic heterocycles. The minimum absolute atomic E-state index is 0.599. The second-order valence-corrected chi connectivity index (χ2v) is 5.54. The molecule has 2 aromatic rings. The molecular weight excluding hydrogens is 276 g/mol. The first kappa shape index (κ1) is 13.2. The van der Waals surface area contributed by atoms with Gasteiger partial charge in [0.1, 0.15) is 11.4 Å². The van der Waals surface area contributed by atoms with Gasteiger partial charge in [-0.1, -0.05) is 0 Å². The zero-order valence-corrected chi connectivity index (χ0v) is 12.4. The van der Waals surface area contributed by atoms with E-state index in [1.807, 2.05) is 14.0 Å². The molecule has 8 heteroatoms. The Morgan fingerprint density at radius 3 is 2.85 bits per heavy atom. The van der Waals surface area contributed by atoms with Crippen molar-refractivity contribution in [2.75, 3.05) is 12.5 Å². The summed E-state index contributed by atoms with van der Waals surface area (Å²) in [5.74, 6) is 9.27. The zero-order valence-electron chi connectivity index (χ0n) is 11.6. The fourth-order valence-electron chi connectivity index (χ4n) is 2.41. The number of aryl methyl sites for hydroxylation is 2. The fourth-order valence-corrected chi connectivity index (χ4v) is 3.45. The normalized spacial score (nSPS) is 13.4. The molecule has 0 fully saturated rings. The number of thioether (sulfide) groups is 1. The molecule has 0 radical (unpaired) electrons. The van der Waals surface area contributed by atoms with Crippen LogP contribution in [0.3, 0.4) is 0 Å². The molecule has 3 rings (SSSR count). The van der Waals surface area contributed by atoms with Crippen LogP contribution in [0.2, 0.25) is 0 Å². The summed E-state index contributed by atoms with van der Waals surface area (Å²) in [6, 6.07) is 0. The number of aromatic nitrogens is 4. The van der Waals surface area contributed by atoms with Crippen LogP contribution in [-0.2, 0) is 18.6 Å². The first-order valence-electron chi connectivity index (χ1n) is 6.17. The quantitative estimate of drug-likeness (QED) is 0.649. The predicted molar refractivity (Wildman–Crippen MR) is 78.3 cm³/mol. The number of rotatable bonds is 3. The highest BCUT2D eigenvalue weighted by molar-refractivity contribution is 7.98. The van der Waals surface area contributed by atoms with Gasteiger partial charge in [0.15, 0.2) is 5.82 Å². The van der Waals surface area contributed by atoms with Crippen LogP contribution >= 0.6 is 11.8 Å². The molecule has 1 aliphatic heterocycles. The van der Waals surface area contributed by atoms with Crippen molar-refractivity contribution >= 4 is 17.6 Å². The average molecular weight is 292 g/mol. The van der Waals surface area contributed by atoms with Gasteiger partial charge in [0.25, 0.3) is 0 Å². The summed E-state index contributed by atoms with van der Waals surface area (Å²) >= 11 is 1.81. The number of hydrogen-bond donors (Lipinski definition) is 2. The van der Waals surface area contributed by atoms with Gasteiger partial charge in [0, 0.05) is 24.1 Å². The number of nitrogens with zero attached hydrogens (tertiary/aromatic N) is 4. The molecule has 7 nitrogen and oxygen atoms in total. The summed E-state index contributed by atoms with van der Waals surface area (Å²) in [4.78, 5) is 9.18. The highest BCUT2D eigenvalue weighted by Crippen LogP contribution is 2.36. The maximum Gasteiger partial charge on any atom is 0.222 e. The Morgan fingerprint density at radius 1 is 1.35 bits per heavy atom. The molecule has 0 atom stereocenters. The van der Waals surface area contributed by atoms with E-state index in [4.69, 9.17) is 10.6 Å². The number of hydrazine groups is 1. The molecule has 3 heterocycles. The van der Waals surface area contributed by atoms with Gasteiger partial charge in [-0.05, 0) is 6.92 Å². The summed E-state index contributed by atoms with van der Waals surface area (Å²) < 4.78 is 7.09. The lowest BCUT2D eigenvalue weighted by atomic mass is 10.2. The van der Waals surface area contributed by atoms with Gasteiger partial charge >= 0.3 is 0 Å². The van der Waals surface area contributed by atoms with Crippen molar-refractivity contribution in [2.24, 2.45) is 12.9 Å². The molecular formula is C12H16N6OS. The molecule has 0 aromatic carbocycles. The minimum atomic E-state index is 0.599. The Balaban J connectivity index is 2.21. The van der Waals surface area contributed by atoms with E-state index in [1.165, 1.54) is 0 Å². The van der Waals surface area contributed by atoms with Crippen molar-refractivity contribution in [3.8, 4) is 17.3 Å². The number of nitrogens with one attached hydrogen (secondary N) is 1. The molecule has 0 aliphatic carbocycles. The van der Waals surface area contributed by atoms with E-state index in [2.05, 4.69) is 20.5 Å². The Kier molecular flexibility index (Phi) is 3.27. The van der Waals surface area contributed by atoms with Gasteiger partial charge in [0.05, 0.1) is 18.5 Å². The highest BCUT2D eigenvalue weighted by Gasteiger charge is 2.24. The van der Waals surface area contributed by atoms with Crippen LogP contribution in [-0.4, -0.2) is 26.9 Å². The fraction of sp³-hybridized carbons (Fsp3) is 0.417. The van der Waals surface area contributed by atoms with Gasteiger partial charge in [-0.2, -0.15) is 16.9 Å². The van der Waals surface area contributed by atoms with Crippen LogP contribution in [0.1, 0.15) is 17.0 Å². The Bertz CT molecular complexity index is 668. The van der Waals surface area contributed by atoms with E-state index in [0.717, 1.165) is 34.0 Å². The maximum atomic E-state index is 5.58. The summed E-state index contributed by atoms with van der Waals surface area (Å²) in [6.45, 7) is 1.92. The number of ether oxygens (including phenoxy) is 1. The Labute approximate surface area is 120 Å². The van der Waals surface area contributed by atoms with E-state index in [0.29, 0.717) is 17.5 Å². The molecule has 0 spiro atoms. The third kappa shape index (κ3) is 1.92.